The maximum atomic E-state index is 13.1. The molecule has 1 amide bonds. The van der Waals surface area contributed by atoms with E-state index in [2.05, 4.69) is 15.3 Å². The fraction of sp³-hybridized carbons (Fsp3) is 0.318. The van der Waals surface area contributed by atoms with Crippen molar-refractivity contribution in [2.75, 3.05) is 24.2 Å². The number of benzene rings is 2. The molecule has 0 bridgehead atoms. The molecule has 0 atom stereocenters. The van der Waals surface area contributed by atoms with Gasteiger partial charge in [0.1, 0.15) is 11.4 Å². The molecule has 0 spiro atoms. The van der Waals surface area contributed by atoms with Gasteiger partial charge >= 0.3 is 0 Å². The number of nitrogens with one attached hydrogen (secondary N) is 1. The first-order valence-corrected chi connectivity index (χ1v) is 13.2. The zero-order valence-electron chi connectivity index (χ0n) is 17.3. The van der Waals surface area contributed by atoms with Crippen molar-refractivity contribution >= 4 is 55.9 Å². The molecule has 1 saturated heterocycles. The van der Waals surface area contributed by atoms with Crippen molar-refractivity contribution in [3.8, 4) is 0 Å². The van der Waals surface area contributed by atoms with Gasteiger partial charge in [-0.25, -0.2) is 18.4 Å². The SMILES string of the molecule is O=C(CSc1ncnc2ccccc12)Nc1cc(S(=O)(=O)N2CCCCCC2)ccc1Cl. The van der Waals surface area contributed by atoms with E-state index in [1.807, 2.05) is 24.3 Å². The Bertz CT molecular complexity index is 1220. The lowest BCUT2D eigenvalue weighted by Crippen LogP contribution is -2.32. The van der Waals surface area contributed by atoms with Gasteiger partial charge in [-0.3, -0.25) is 4.79 Å². The largest absolute Gasteiger partial charge is 0.324 e. The van der Waals surface area contributed by atoms with Crippen LogP contribution in [-0.4, -0.2) is 47.4 Å². The van der Waals surface area contributed by atoms with Crippen LogP contribution in [0.3, 0.4) is 0 Å². The van der Waals surface area contributed by atoms with Gasteiger partial charge < -0.3 is 5.32 Å². The van der Waals surface area contributed by atoms with Gasteiger partial charge in [-0.15, -0.1) is 0 Å². The summed E-state index contributed by atoms with van der Waals surface area (Å²) in [6.07, 6.45) is 5.24. The molecule has 4 rings (SSSR count). The molecule has 2 aromatic carbocycles. The third kappa shape index (κ3) is 5.23. The van der Waals surface area contributed by atoms with Crippen molar-refractivity contribution in [3.63, 3.8) is 0 Å². The Hall–Kier alpha value is -2.20. The third-order valence-corrected chi connectivity index (χ3v) is 8.49. The van der Waals surface area contributed by atoms with Gasteiger partial charge in [0, 0.05) is 18.5 Å². The van der Waals surface area contributed by atoms with E-state index in [-0.39, 0.29) is 27.3 Å². The second kappa shape index (κ2) is 10.2. The van der Waals surface area contributed by atoms with Crippen molar-refractivity contribution in [1.29, 1.82) is 0 Å². The fourth-order valence-electron chi connectivity index (χ4n) is 3.61. The number of hydrogen-bond donors (Lipinski definition) is 1. The van der Waals surface area contributed by atoms with E-state index in [9.17, 15) is 13.2 Å². The van der Waals surface area contributed by atoms with Crippen LogP contribution in [0, 0.1) is 0 Å². The number of carbonyl (C=O) groups excluding carboxylic acids is 1. The van der Waals surface area contributed by atoms with Crippen LogP contribution < -0.4 is 5.32 Å². The standard InChI is InChI=1S/C22H23ClN4O3S2/c23-18-10-9-16(32(29,30)27-11-5-1-2-6-12-27)13-20(18)26-21(28)14-31-22-17-7-3-4-8-19(17)24-15-25-22/h3-4,7-10,13,15H,1-2,5-6,11-12,14H2,(H,26,28). The number of fused-ring (bicyclic) bond motifs is 1. The number of thioether (sulfide) groups is 1. The number of para-hydroxylation sites is 1. The minimum absolute atomic E-state index is 0.0977. The zero-order chi connectivity index (χ0) is 22.6. The molecule has 0 aliphatic carbocycles. The van der Waals surface area contributed by atoms with Crippen molar-refractivity contribution in [1.82, 2.24) is 14.3 Å². The lowest BCUT2D eigenvalue weighted by Gasteiger charge is -2.20. The van der Waals surface area contributed by atoms with Crippen LogP contribution in [0.5, 0.6) is 0 Å². The number of sulfonamides is 1. The number of carbonyl (C=O) groups is 1. The van der Waals surface area contributed by atoms with E-state index >= 15 is 0 Å². The van der Waals surface area contributed by atoms with Crippen LogP contribution in [-0.2, 0) is 14.8 Å². The molecule has 1 N–H and O–H groups in total. The molecule has 0 saturated carbocycles. The monoisotopic (exact) mass is 490 g/mol. The molecule has 32 heavy (non-hydrogen) atoms. The molecule has 1 aliphatic rings. The van der Waals surface area contributed by atoms with Gasteiger partial charge in [0.05, 0.1) is 26.9 Å². The normalized spacial score (nSPS) is 15.4. The van der Waals surface area contributed by atoms with Gasteiger partial charge in [0.2, 0.25) is 15.9 Å². The van der Waals surface area contributed by atoms with E-state index in [1.165, 1.54) is 40.6 Å². The summed E-state index contributed by atoms with van der Waals surface area (Å²) in [5.74, 6) is -0.204. The minimum atomic E-state index is -3.64. The molecule has 2 heterocycles. The van der Waals surface area contributed by atoms with Gasteiger partial charge in [-0.05, 0) is 37.1 Å². The highest BCUT2D eigenvalue weighted by Crippen LogP contribution is 2.29. The average Bonchev–Trinajstić information content (AvgIpc) is 3.09. The van der Waals surface area contributed by atoms with Gasteiger partial charge in [0.25, 0.3) is 0 Å². The van der Waals surface area contributed by atoms with E-state index in [1.54, 1.807) is 0 Å². The summed E-state index contributed by atoms with van der Waals surface area (Å²) < 4.78 is 27.7. The molecule has 1 aliphatic heterocycles. The second-order valence-corrected chi connectivity index (χ2v) is 10.8. The Morgan fingerprint density at radius 1 is 1.06 bits per heavy atom. The lowest BCUT2D eigenvalue weighted by molar-refractivity contribution is -0.113. The summed E-state index contributed by atoms with van der Waals surface area (Å²) >= 11 is 7.53. The van der Waals surface area contributed by atoms with Crippen LogP contribution >= 0.6 is 23.4 Å². The molecular weight excluding hydrogens is 468 g/mol. The summed E-state index contributed by atoms with van der Waals surface area (Å²) in [5, 5.41) is 4.60. The van der Waals surface area contributed by atoms with Crippen molar-refractivity contribution in [2.45, 2.75) is 35.6 Å². The highest BCUT2D eigenvalue weighted by Gasteiger charge is 2.26. The Kier molecular flexibility index (Phi) is 7.30. The van der Waals surface area contributed by atoms with E-state index < -0.39 is 10.0 Å². The zero-order valence-corrected chi connectivity index (χ0v) is 19.7. The van der Waals surface area contributed by atoms with Crippen LogP contribution in [0.4, 0.5) is 5.69 Å². The van der Waals surface area contributed by atoms with Crippen LogP contribution in [0.1, 0.15) is 25.7 Å². The fourth-order valence-corrected chi connectivity index (χ4v) is 6.11. The Balaban J connectivity index is 1.47. The topological polar surface area (TPSA) is 92.3 Å². The maximum absolute atomic E-state index is 13.1. The number of halogens is 1. The summed E-state index contributed by atoms with van der Waals surface area (Å²) in [6, 6.07) is 12.0. The Morgan fingerprint density at radius 3 is 2.59 bits per heavy atom. The number of rotatable bonds is 6. The van der Waals surface area contributed by atoms with Crippen LogP contribution in [0.25, 0.3) is 10.9 Å². The van der Waals surface area contributed by atoms with Crippen molar-refractivity contribution < 1.29 is 13.2 Å². The minimum Gasteiger partial charge on any atom is -0.324 e. The van der Waals surface area contributed by atoms with Gasteiger partial charge in [0.15, 0.2) is 0 Å². The molecule has 1 aromatic heterocycles. The summed E-state index contributed by atoms with van der Waals surface area (Å²) in [5.41, 5.74) is 1.08. The quantitative estimate of drug-likeness (QED) is 0.401. The molecule has 1 fully saturated rings. The first-order valence-electron chi connectivity index (χ1n) is 10.4. The van der Waals surface area contributed by atoms with Gasteiger partial charge in [-0.1, -0.05) is 54.4 Å². The van der Waals surface area contributed by atoms with Crippen LogP contribution in [0.2, 0.25) is 5.02 Å². The van der Waals surface area contributed by atoms with Gasteiger partial charge in [-0.2, -0.15) is 4.31 Å². The number of aromatic nitrogens is 2. The average molecular weight is 491 g/mol. The third-order valence-electron chi connectivity index (χ3n) is 5.26. The predicted molar refractivity (Wildman–Crippen MR) is 128 cm³/mol. The highest BCUT2D eigenvalue weighted by molar-refractivity contribution is 8.00. The summed E-state index contributed by atoms with van der Waals surface area (Å²) in [6.45, 7) is 1.02. The molecule has 10 heteroatoms. The molecule has 0 radical (unpaired) electrons. The molecule has 3 aromatic rings. The highest BCUT2D eigenvalue weighted by atomic mass is 35.5. The van der Waals surface area contributed by atoms with E-state index in [0.717, 1.165) is 36.6 Å². The number of anilines is 1. The Labute approximate surface area is 196 Å². The maximum Gasteiger partial charge on any atom is 0.243 e. The molecule has 0 unspecified atom stereocenters. The van der Waals surface area contributed by atoms with Crippen molar-refractivity contribution in [3.05, 3.63) is 53.8 Å². The molecule has 7 nitrogen and oxygen atoms in total. The number of hydrogen-bond acceptors (Lipinski definition) is 6. The first kappa shape index (κ1) is 23.0. The second-order valence-electron chi connectivity index (χ2n) is 7.49. The summed E-state index contributed by atoms with van der Waals surface area (Å²) in [4.78, 5) is 21.2. The lowest BCUT2D eigenvalue weighted by atomic mass is 10.2. The number of amides is 1. The smallest absolute Gasteiger partial charge is 0.243 e. The van der Waals surface area contributed by atoms with E-state index in [0.29, 0.717) is 18.1 Å². The molecular formula is C22H23ClN4O3S2. The van der Waals surface area contributed by atoms with Crippen molar-refractivity contribution in [2.24, 2.45) is 0 Å². The van der Waals surface area contributed by atoms with E-state index in [4.69, 9.17) is 11.6 Å². The predicted octanol–water partition coefficient (Wildman–Crippen LogP) is 4.58. The molecule has 168 valence electrons. The Morgan fingerprint density at radius 2 is 1.81 bits per heavy atom. The summed E-state index contributed by atoms with van der Waals surface area (Å²) in [7, 11) is -3.64. The number of nitrogens with zero attached hydrogens (tertiary/aromatic N) is 3. The first-order chi connectivity index (χ1) is 15.4. The van der Waals surface area contributed by atoms with Crippen LogP contribution in [0.15, 0.2) is 58.7 Å².